The lowest BCUT2D eigenvalue weighted by Crippen LogP contribution is -2.22. The minimum Gasteiger partial charge on any atom is -0.387 e. The van der Waals surface area contributed by atoms with Crippen molar-refractivity contribution in [3.05, 3.63) is 0 Å². The second kappa shape index (κ2) is 4.47. The Labute approximate surface area is 55.2 Å². The highest BCUT2D eigenvalue weighted by Crippen LogP contribution is 1.99. The van der Waals surface area contributed by atoms with Crippen LogP contribution in [0.25, 0.3) is 0 Å². The summed E-state index contributed by atoms with van der Waals surface area (Å²) in [6, 6.07) is 0. The van der Waals surface area contributed by atoms with E-state index in [1.54, 1.807) is 7.11 Å². The summed E-state index contributed by atoms with van der Waals surface area (Å²) in [5.74, 6) is 0.0208. The van der Waals surface area contributed by atoms with E-state index in [1.165, 1.54) is 0 Å². The molecule has 9 heavy (non-hydrogen) atoms. The molecule has 54 valence electrons. The van der Waals surface area contributed by atoms with Gasteiger partial charge in [0.15, 0.2) is 0 Å². The molecule has 0 heterocycles. The van der Waals surface area contributed by atoms with Crippen molar-refractivity contribution < 1.29 is 9.84 Å². The average Bonchev–Trinajstić information content (AvgIpc) is 1.87. The Morgan fingerprint density at radius 1 is 1.78 bits per heavy atom. The first-order valence-corrected chi connectivity index (χ1v) is 2.90. The number of methoxy groups -OCH3 is 1. The average molecular weight is 131 g/mol. The fourth-order valence-electron chi connectivity index (χ4n) is 0.526. The van der Waals surface area contributed by atoms with Gasteiger partial charge in [-0.05, 0) is 0 Å². The molecule has 0 fully saturated rings. The number of hydrogen-bond donors (Lipinski definition) is 2. The van der Waals surface area contributed by atoms with E-state index in [2.05, 4.69) is 0 Å². The monoisotopic (exact) mass is 131 g/mol. The fourth-order valence-corrected chi connectivity index (χ4v) is 0.526. The number of nitrogens with one attached hydrogen (secondary N) is 1. The van der Waals surface area contributed by atoms with Crippen LogP contribution in [0.15, 0.2) is 0 Å². The molecule has 0 amide bonds. The number of rotatable bonds is 4. The summed E-state index contributed by atoms with van der Waals surface area (Å²) in [5, 5.41) is 15.6. The van der Waals surface area contributed by atoms with E-state index in [4.69, 9.17) is 15.3 Å². The fraction of sp³-hybridized carbons (Fsp3) is 0.833. The van der Waals surface area contributed by atoms with Crippen molar-refractivity contribution in [2.24, 2.45) is 5.92 Å². The van der Waals surface area contributed by atoms with Crippen molar-refractivity contribution in [3.8, 4) is 0 Å². The third kappa shape index (κ3) is 3.21. The molecule has 3 heteroatoms. The molecule has 0 aliphatic carbocycles. The van der Waals surface area contributed by atoms with Crippen molar-refractivity contribution >= 4 is 6.21 Å². The molecule has 0 saturated heterocycles. The van der Waals surface area contributed by atoms with Crippen LogP contribution in [0, 0.1) is 11.3 Å². The Morgan fingerprint density at radius 3 is 2.67 bits per heavy atom. The van der Waals surface area contributed by atoms with Gasteiger partial charge in [-0.3, -0.25) is 0 Å². The maximum absolute atomic E-state index is 8.93. The summed E-state index contributed by atoms with van der Waals surface area (Å²) in [6.07, 6.45) is 0.355. The van der Waals surface area contributed by atoms with Crippen LogP contribution in [-0.4, -0.2) is 31.1 Å². The van der Waals surface area contributed by atoms with Crippen LogP contribution in [0.4, 0.5) is 0 Å². The Kier molecular flexibility index (Phi) is 4.26. The van der Waals surface area contributed by atoms with Gasteiger partial charge in [-0.25, -0.2) is 0 Å². The highest BCUT2D eigenvalue weighted by Gasteiger charge is 2.09. The molecule has 2 atom stereocenters. The molecule has 2 N–H and O–H groups in total. The predicted octanol–water partition coefficient (Wildman–Crippen LogP) is 0.279. The van der Waals surface area contributed by atoms with E-state index in [0.29, 0.717) is 6.61 Å². The first kappa shape index (κ1) is 8.59. The molecule has 1 unspecified atom stereocenters. The van der Waals surface area contributed by atoms with Crippen LogP contribution >= 0.6 is 0 Å². The van der Waals surface area contributed by atoms with E-state index in [0.717, 1.165) is 6.21 Å². The minimum absolute atomic E-state index is 0.0208. The molecule has 0 aliphatic rings. The van der Waals surface area contributed by atoms with Crippen LogP contribution in [0.3, 0.4) is 0 Å². The number of aliphatic hydroxyl groups excluding tert-OH is 1. The lowest BCUT2D eigenvalue weighted by Gasteiger charge is -2.11. The molecule has 0 saturated carbocycles. The Morgan fingerprint density at radius 2 is 2.33 bits per heavy atom. The highest BCUT2D eigenvalue weighted by atomic mass is 16.5. The van der Waals surface area contributed by atoms with Gasteiger partial charge in [0.2, 0.25) is 0 Å². The predicted molar refractivity (Wildman–Crippen MR) is 35.8 cm³/mol. The van der Waals surface area contributed by atoms with E-state index in [1.807, 2.05) is 6.92 Å². The van der Waals surface area contributed by atoms with Gasteiger partial charge in [0.1, 0.15) is 0 Å². The number of aliphatic hydroxyl groups is 1. The second-order valence-corrected chi connectivity index (χ2v) is 2.09. The zero-order valence-corrected chi connectivity index (χ0v) is 5.79. The molecule has 0 aliphatic heterocycles. The molecule has 0 aromatic heterocycles. The van der Waals surface area contributed by atoms with Gasteiger partial charge < -0.3 is 15.3 Å². The molecule has 0 spiro atoms. The molecular formula is C6H13NO2. The van der Waals surface area contributed by atoms with Gasteiger partial charge in [-0.15, -0.1) is 0 Å². The van der Waals surface area contributed by atoms with Crippen LogP contribution < -0.4 is 0 Å². The Balaban J connectivity index is 3.44. The Hall–Kier alpha value is -0.410. The lowest BCUT2D eigenvalue weighted by atomic mass is 10.1. The summed E-state index contributed by atoms with van der Waals surface area (Å²) >= 11 is 0. The van der Waals surface area contributed by atoms with E-state index >= 15 is 0 Å². The molecule has 0 aromatic rings. The standard InChI is InChI=1S/C6H13NO2/c1-5(4-9-2)6(8)3-7/h3,5-8H,4H2,1-2H3/t5-,6?/m0/s1. The van der Waals surface area contributed by atoms with Gasteiger partial charge >= 0.3 is 0 Å². The van der Waals surface area contributed by atoms with Crippen molar-refractivity contribution in [2.75, 3.05) is 13.7 Å². The zero-order chi connectivity index (χ0) is 7.28. The zero-order valence-electron chi connectivity index (χ0n) is 5.79. The van der Waals surface area contributed by atoms with Gasteiger partial charge in [0, 0.05) is 19.2 Å². The van der Waals surface area contributed by atoms with Crippen molar-refractivity contribution in [1.82, 2.24) is 0 Å². The summed E-state index contributed by atoms with van der Waals surface area (Å²) in [5.41, 5.74) is 0. The summed E-state index contributed by atoms with van der Waals surface area (Å²) in [4.78, 5) is 0. The molecular weight excluding hydrogens is 118 g/mol. The lowest BCUT2D eigenvalue weighted by molar-refractivity contribution is 0.0952. The third-order valence-corrected chi connectivity index (χ3v) is 1.18. The molecule has 0 aromatic carbocycles. The van der Waals surface area contributed by atoms with Crippen LogP contribution in [0.1, 0.15) is 6.92 Å². The minimum atomic E-state index is -0.662. The third-order valence-electron chi connectivity index (χ3n) is 1.18. The van der Waals surface area contributed by atoms with Crippen molar-refractivity contribution in [3.63, 3.8) is 0 Å². The summed E-state index contributed by atoms with van der Waals surface area (Å²) in [7, 11) is 1.58. The van der Waals surface area contributed by atoms with Gasteiger partial charge in [0.05, 0.1) is 12.7 Å². The van der Waals surface area contributed by atoms with E-state index in [-0.39, 0.29) is 5.92 Å². The Bertz CT molecular complexity index is 85.1. The van der Waals surface area contributed by atoms with Crippen molar-refractivity contribution in [2.45, 2.75) is 13.0 Å². The topological polar surface area (TPSA) is 53.3 Å². The molecule has 0 rings (SSSR count). The normalized spacial score (nSPS) is 16.8. The van der Waals surface area contributed by atoms with Crippen molar-refractivity contribution in [1.29, 1.82) is 5.41 Å². The van der Waals surface area contributed by atoms with E-state index < -0.39 is 6.10 Å². The molecule has 0 bridgehead atoms. The van der Waals surface area contributed by atoms with Crippen LogP contribution in [0.5, 0.6) is 0 Å². The smallest absolute Gasteiger partial charge is 0.0931 e. The highest BCUT2D eigenvalue weighted by molar-refractivity contribution is 5.59. The maximum atomic E-state index is 8.93. The first-order chi connectivity index (χ1) is 4.22. The quantitative estimate of drug-likeness (QED) is 0.538. The summed E-state index contributed by atoms with van der Waals surface area (Å²) in [6.45, 7) is 2.33. The second-order valence-electron chi connectivity index (χ2n) is 2.09. The van der Waals surface area contributed by atoms with E-state index in [9.17, 15) is 0 Å². The van der Waals surface area contributed by atoms with Gasteiger partial charge in [0.25, 0.3) is 0 Å². The first-order valence-electron chi connectivity index (χ1n) is 2.90. The largest absolute Gasteiger partial charge is 0.387 e. The number of ether oxygens (including phenoxy) is 1. The maximum Gasteiger partial charge on any atom is 0.0931 e. The SMILES string of the molecule is COC[C@H](C)C(O)C=N. The van der Waals surface area contributed by atoms with Crippen LogP contribution in [-0.2, 0) is 4.74 Å². The summed E-state index contributed by atoms with van der Waals surface area (Å²) < 4.78 is 4.76. The van der Waals surface area contributed by atoms with Gasteiger partial charge in [-0.2, -0.15) is 0 Å². The number of hydrogen-bond acceptors (Lipinski definition) is 3. The molecule has 3 nitrogen and oxygen atoms in total. The molecule has 0 radical (unpaired) electrons. The van der Waals surface area contributed by atoms with Crippen LogP contribution in [0.2, 0.25) is 0 Å². The van der Waals surface area contributed by atoms with Gasteiger partial charge in [-0.1, -0.05) is 6.92 Å².